The van der Waals surface area contributed by atoms with Crippen molar-refractivity contribution in [2.24, 2.45) is 5.73 Å². The molecule has 12 N–H and O–H groups in total. The summed E-state index contributed by atoms with van der Waals surface area (Å²) in [4.78, 5) is 141. The van der Waals surface area contributed by atoms with Gasteiger partial charge < -0.3 is 124 Å². The molecule has 9 heterocycles. The normalized spacial score (nSPS) is 31.2. The number of nitrogens with zero attached hydrogens (tertiary/aromatic N) is 4. The van der Waals surface area contributed by atoms with Gasteiger partial charge in [-0.05, 0) is 114 Å². The Morgan fingerprint density at radius 1 is 0.516 bits per heavy atom. The summed E-state index contributed by atoms with van der Waals surface area (Å²) in [6.07, 6.45) is 2.91. The first-order chi connectivity index (χ1) is 57.8. The molecule has 0 aromatic heterocycles. The van der Waals surface area contributed by atoms with E-state index in [1.807, 2.05) is 50.5 Å². The number of aliphatic carboxylic acids is 1. The van der Waals surface area contributed by atoms with Gasteiger partial charge in [-0.15, -0.1) is 29.9 Å². The lowest BCUT2D eigenvalue weighted by molar-refractivity contribution is -0.200. The van der Waals surface area contributed by atoms with Crippen LogP contribution in [0.5, 0.6) is 17.2 Å². The van der Waals surface area contributed by atoms with E-state index in [9.17, 15) is 88.5 Å². The summed E-state index contributed by atoms with van der Waals surface area (Å²) < 4.78 is 56.9. The summed E-state index contributed by atoms with van der Waals surface area (Å²) in [6.45, 7) is 8.13. The molecule has 3 aromatic carbocycles. The van der Waals surface area contributed by atoms with E-state index in [1.165, 1.54) is 13.8 Å². The Morgan fingerprint density at radius 2 is 0.863 bits per heavy atom. The molecule has 18 rings (SSSR count). The summed E-state index contributed by atoms with van der Waals surface area (Å²) in [7, 11) is 6.07. The van der Waals surface area contributed by atoms with Gasteiger partial charge in [0.15, 0.2) is 36.6 Å². The fourth-order valence-electron chi connectivity index (χ4n) is 21.4. The molecule has 15 atom stereocenters. The second kappa shape index (κ2) is 34.8. The van der Waals surface area contributed by atoms with Gasteiger partial charge in [0.25, 0.3) is 11.8 Å². The number of esters is 5. The molecule has 9 aliphatic heterocycles. The molecule has 674 valence electrons. The molecule has 0 radical (unpaired) electrons. The van der Waals surface area contributed by atoms with E-state index in [2.05, 4.69) is 37.2 Å². The number of aliphatic hydroxyl groups excluding tert-OH is 4. The number of carbonyl (C=O) groups excluding carboxylic acids is 10. The number of imide groups is 1. The highest BCUT2D eigenvalue weighted by Gasteiger charge is 2.75. The van der Waals surface area contributed by atoms with Gasteiger partial charge in [-0.25, -0.2) is 19.2 Å². The molecule has 6 aliphatic carbocycles. The summed E-state index contributed by atoms with van der Waals surface area (Å²) in [6, 6.07) is 11.3. The lowest BCUT2D eigenvalue weighted by atomic mass is 9.50. The third kappa shape index (κ3) is 15.6. The molecule has 4 amide bonds. The van der Waals surface area contributed by atoms with Gasteiger partial charge in [-0.2, -0.15) is 0 Å². The molecule has 3 spiro atoms. The van der Waals surface area contributed by atoms with Gasteiger partial charge in [-0.1, -0.05) is 36.4 Å². The molecule has 3 aromatic rings. The number of rotatable bonds is 22. The Kier molecular flexibility index (Phi) is 25.9. The minimum Gasteiger partial charge on any atom is -0.481 e. The topological polar surface area (TPSA) is 514 Å². The van der Waals surface area contributed by atoms with Crippen LogP contribution in [-0.4, -0.2) is 270 Å². The summed E-state index contributed by atoms with van der Waals surface area (Å²) >= 11 is 0. The Morgan fingerprint density at radius 3 is 1.19 bits per heavy atom. The average Bonchev–Trinajstić information content (AvgIpc) is 1.50. The number of aliphatic hydroxyl groups is 7. The number of nitrogens with two attached hydrogens (primary N) is 1. The quantitative estimate of drug-likeness (QED) is 0.0376. The number of carbonyl (C=O) groups is 11. The second-order valence-electron chi connectivity index (χ2n) is 34.7. The van der Waals surface area contributed by atoms with E-state index in [4.69, 9.17) is 58.2 Å². The smallest absolute Gasteiger partial charge is 0.338 e. The van der Waals surface area contributed by atoms with E-state index in [0.29, 0.717) is 101 Å². The van der Waals surface area contributed by atoms with Crippen LogP contribution in [0.15, 0.2) is 71.9 Å². The van der Waals surface area contributed by atoms with E-state index in [0.717, 1.165) is 59.4 Å². The Labute approximate surface area is 724 Å². The number of nitrogens with one attached hydrogen (secondary N) is 2. The van der Waals surface area contributed by atoms with Gasteiger partial charge in [-0.3, -0.25) is 33.6 Å². The van der Waals surface area contributed by atoms with Gasteiger partial charge in [0.05, 0.1) is 91.4 Å². The summed E-state index contributed by atoms with van der Waals surface area (Å²) in [5.74, 6) is -6.82. The van der Waals surface area contributed by atoms with Crippen LogP contribution in [-0.2, 0) is 146 Å². The SMILES string of the molecule is CC1(C)OC(=O)[C@H](CC(=O)ON2C(=O)CCC2=O)O1.CN1CC[C@]23c4c5ccc(CO)c4O[C@H]2C(OC(=O)CCN)=CC[C@@]3(O)[C@H]1C5.CN1CC[C@]23c4c5ccc(CO)c4O[C@H]2C(OC(=O)CCNC(=O)C[C@@H]2OC(C)(C)OC2=O)=CC[C@@]3(O)[C@H]1C5.CN1CC[C@]23c4c5ccc(CO)c4O[C@H]2C(OC(=O)CCNC(=O)C[C@H](O)C(=O)O)=CC[C@@]3(O)[C@H]1C5.Cl.Cl. The van der Waals surface area contributed by atoms with Crippen LogP contribution < -0.4 is 30.6 Å². The molecule has 39 heteroatoms. The van der Waals surface area contributed by atoms with E-state index in [-0.39, 0.29) is 127 Å². The largest absolute Gasteiger partial charge is 0.481 e. The summed E-state index contributed by atoms with van der Waals surface area (Å²) in [5, 5.41) is 89.5. The Hall–Kier alpha value is -9.29. The second-order valence-corrected chi connectivity index (χ2v) is 34.7. The molecule has 124 heavy (non-hydrogen) atoms. The van der Waals surface area contributed by atoms with Crippen LogP contribution >= 0.6 is 24.8 Å². The Bertz CT molecular complexity index is 4930. The molecule has 6 fully saturated rings. The molecule has 0 unspecified atom stereocenters. The van der Waals surface area contributed by atoms with Crippen molar-refractivity contribution >= 4 is 90.2 Å². The van der Waals surface area contributed by atoms with Crippen LogP contribution in [0.1, 0.15) is 168 Å². The molecule has 6 saturated heterocycles. The first kappa shape index (κ1) is 92.4. The maximum Gasteiger partial charge on any atom is 0.338 e. The fraction of sp³-hybridized carbons (Fsp3) is 0.588. The predicted molar refractivity (Wildman–Crippen MR) is 429 cm³/mol. The molecule has 6 bridgehead atoms. The van der Waals surface area contributed by atoms with Gasteiger partial charge in [0.1, 0.15) is 34.5 Å². The number of cyclic esters (lactones) is 2. The Balaban J connectivity index is 0.000000145. The lowest BCUT2D eigenvalue weighted by Crippen LogP contribution is -2.74. The standard InChI is InChI=1S/C28H34N2O9.C25H30N2O9.C21H26N2O5.C11H13NO7.2ClH/c1-26(2)38-18(25(34)39-26)13-20(32)29-10-7-21(33)36-17-6-8-28(35)19-12-15-4-5-16(14-31)23-22(15)27(28,24(17)37-23)9-11-30(19)3;1-27-9-7-24-20-13-2-3-14(12-28)21(20)36-22(24)16(4-6-25(24,34)17(27)10-13)35-19(31)5-8-26-18(30)11-15(29)23(32)33;1-23-9-7-20-17-12-2-3-13(11-24)18(17)28-19(20)14(27-16(25)5-8-22)4-6-21(20,26)15(23)10-12;1-11(2)17-6(10(16)18-11)5-9(15)19-12-7(13)3-4-8(12)14;;/h4-6,18-19,24,31,35H,7-14H2,1-3H3,(H,29,32);2-4,15,17,22,28-29,34H,5-12H2,1H3,(H,26,30)(H,32,33);2-4,15,19,24,26H,5-11,22H2,1H3;6H,3-5H2,1-2H3;2*1H/t18-,19+,24-,27-,28+;15-,17+,22-,24-,25+;15-,19+,20+,21-;6-;;/m0010../s1. The maximum atomic E-state index is 12.8. The van der Waals surface area contributed by atoms with Crippen LogP contribution in [0.25, 0.3) is 0 Å². The van der Waals surface area contributed by atoms with Gasteiger partial charge in [0, 0.05) is 131 Å². The zero-order valence-electron chi connectivity index (χ0n) is 69.5. The predicted octanol–water partition coefficient (Wildman–Crippen LogP) is 0.770. The number of likely N-dealkylation sites (tertiary alicyclic amines) is 3. The van der Waals surface area contributed by atoms with Gasteiger partial charge >= 0.3 is 41.8 Å². The number of benzene rings is 3. The number of hydroxylamine groups is 2. The maximum absolute atomic E-state index is 12.8. The monoisotopic (exact) mass is 1770 g/mol. The molecular formula is C85H105Cl2N7O30. The number of ether oxygens (including phenoxy) is 10. The highest BCUT2D eigenvalue weighted by Crippen LogP contribution is 2.68. The van der Waals surface area contributed by atoms with Crippen molar-refractivity contribution in [3.63, 3.8) is 0 Å². The van der Waals surface area contributed by atoms with Crippen molar-refractivity contribution in [2.45, 2.75) is 256 Å². The zero-order chi connectivity index (χ0) is 87.5. The fourth-order valence-corrected chi connectivity index (χ4v) is 21.4. The number of carboxylic acid groups (broad SMARTS) is 1. The van der Waals surface area contributed by atoms with Crippen molar-refractivity contribution in [3.8, 4) is 17.2 Å². The van der Waals surface area contributed by atoms with Crippen molar-refractivity contribution in [1.82, 2.24) is 30.4 Å². The van der Waals surface area contributed by atoms with Crippen molar-refractivity contribution in [2.75, 3.05) is 60.4 Å². The molecule has 37 nitrogen and oxygen atoms in total. The van der Waals surface area contributed by atoms with Crippen molar-refractivity contribution in [3.05, 3.63) is 122 Å². The highest BCUT2D eigenvalue weighted by molar-refractivity contribution is 6.02. The van der Waals surface area contributed by atoms with E-state index >= 15 is 0 Å². The molecule has 0 saturated carbocycles. The first-order valence-corrected chi connectivity index (χ1v) is 41.2. The van der Waals surface area contributed by atoms with Crippen LogP contribution in [0.4, 0.5) is 0 Å². The minimum atomic E-state index is -1.81. The third-order valence-corrected chi connectivity index (χ3v) is 26.9. The number of carboxylic acids is 1. The van der Waals surface area contributed by atoms with Gasteiger partial charge in [0.2, 0.25) is 23.4 Å². The number of hydrogen-bond donors (Lipinski definition) is 11. The number of halogens is 2. The van der Waals surface area contributed by atoms with Crippen LogP contribution in [0, 0.1) is 0 Å². The van der Waals surface area contributed by atoms with Crippen LogP contribution in [0.2, 0.25) is 0 Å². The van der Waals surface area contributed by atoms with E-state index in [1.54, 1.807) is 32.1 Å². The van der Waals surface area contributed by atoms with E-state index < -0.39 is 160 Å². The number of amides is 4. The number of piperidine rings is 3. The zero-order valence-corrected chi connectivity index (χ0v) is 71.2. The minimum absolute atomic E-state index is 0. The number of hydrogen-bond acceptors (Lipinski definition) is 33. The van der Waals surface area contributed by atoms with Crippen molar-refractivity contribution < 1.29 is 146 Å². The average molecular weight is 1780 g/mol. The first-order valence-electron chi connectivity index (χ1n) is 41.2. The molecular weight excluding hydrogens is 1670 g/mol. The summed E-state index contributed by atoms with van der Waals surface area (Å²) in [5.41, 5.74) is 8.03. The lowest BCUT2D eigenvalue weighted by Gasteiger charge is -2.61. The van der Waals surface area contributed by atoms with Crippen LogP contribution in [0.3, 0.4) is 0 Å². The third-order valence-electron chi connectivity index (χ3n) is 26.9. The highest BCUT2D eigenvalue weighted by atomic mass is 35.5. The van der Waals surface area contributed by atoms with Crippen molar-refractivity contribution in [1.29, 1.82) is 0 Å². The number of likely N-dealkylation sites (N-methyl/N-ethyl adjacent to an activating group) is 3. The molecule has 15 aliphatic rings.